The molecule has 3 rings (SSSR count). The van der Waals surface area contributed by atoms with Crippen LogP contribution in [0.15, 0.2) is 30.6 Å². The van der Waals surface area contributed by atoms with E-state index in [2.05, 4.69) is 22.4 Å². The van der Waals surface area contributed by atoms with Crippen molar-refractivity contribution >= 4 is 5.91 Å². The van der Waals surface area contributed by atoms with E-state index in [1.165, 1.54) is 6.33 Å². The standard InChI is InChI=1S/C14H17N5O2/c1-2-12-9-21-8-7-18(12)14(20)11-3-5-13(6-4-11)19-10-15-16-17-19/h3-6,10,12H,2,7-9H2,1H3. The first-order chi connectivity index (χ1) is 10.3. The Bertz CT molecular complexity index is 596. The molecule has 0 aliphatic carbocycles. The summed E-state index contributed by atoms with van der Waals surface area (Å²) in [6.07, 6.45) is 2.42. The predicted molar refractivity (Wildman–Crippen MR) is 75.1 cm³/mol. The second kappa shape index (κ2) is 6.01. The minimum atomic E-state index is 0.0495. The molecule has 110 valence electrons. The Labute approximate surface area is 122 Å². The van der Waals surface area contributed by atoms with E-state index < -0.39 is 0 Å². The van der Waals surface area contributed by atoms with Gasteiger partial charge in [0.1, 0.15) is 6.33 Å². The number of benzene rings is 1. The van der Waals surface area contributed by atoms with Gasteiger partial charge in [-0.3, -0.25) is 4.79 Å². The van der Waals surface area contributed by atoms with Crippen molar-refractivity contribution in [2.24, 2.45) is 0 Å². The third kappa shape index (κ3) is 2.78. The molecule has 21 heavy (non-hydrogen) atoms. The number of tetrazole rings is 1. The largest absolute Gasteiger partial charge is 0.377 e. The highest BCUT2D eigenvalue weighted by atomic mass is 16.5. The van der Waals surface area contributed by atoms with Crippen LogP contribution in [-0.2, 0) is 4.74 Å². The van der Waals surface area contributed by atoms with Crippen LogP contribution in [0.3, 0.4) is 0 Å². The number of aromatic nitrogens is 4. The molecule has 1 atom stereocenters. The summed E-state index contributed by atoms with van der Waals surface area (Å²) in [7, 11) is 0. The molecule has 1 aliphatic rings. The minimum absolute atomic E-state index is 0.0495. The summed E-state index contributed by atoms with van der Waals surface area (Å²) < 4.78 is 6.99. The second-order valence-electron chi connectivity index (χ2n) is 4.94. The van der Waals surface area contributed by atoms with Gasteiger partial charge in [-0.05, 0) is 41.1 Å². The zero-order valence-corrected chi connectivity index (χ0v) is 11.8. The van der Waals surface area contributed by atoms with E-state index in [1.807, 2.05) is 29.2 Å². The monoisotopic (exact) mass is 287 g/mol. The molecule has 0 N–H and O–H groups in total. The van der Waals surface area contributed by atoms with Gasteiger partial charge < -0.3 is 9.64 Å². The van der Waals surface area contributed by atoms with Crippen LogP contribution in [-0.4, -0.2) is 56.8 Å². The summed E-state index contributed by atoms with van der Waals surface area (Å²) in [5.74, 6) is 0.0495. The second-order valence-corrected chi connectivity index (χ2v) is 4.94. The first kappa shape index (κ1) is 13.7. The summed E-state index contributed by atoms with van der Waals surface area (Å²) in [5, 5.41) is 11.0. The van der Waals surface area contributed by atoms with Gasteiger partial charge in [0.15, 0.2) is 0 Å². The number of hydrogen-bond donors (Lipinski definition) is 0. The highest BCUT2D eigenvalue weighted by Crippen LogP contribution is 2.16. The molecular weight excluding hydrogens is 270 g/mol. The lowest BCUT2D eigenvalue weighted by Gasteiger charge is -2.35. The van der Waals surface area contributed by atoms with Gasteiger partial charge in [-0.15, -0.1) is 5.10 Å². The number of ether oxygens (including phenoxy) is 1. The smallest absolute Gasteiger partial charge is 0.254 e. The van der Waals surface area contributed by atoms with Crippen LogP contribution in [0, 0.1) is 0 Å². The maximum absolute atomic E-state index is 12.6. The van der Waals surface area contributed by atoms with Crippen molar-refractivity contribution in [3.05, 3.63) is 36.2 Å². The van der Waals surface area contributed by atoms with Gasteiger partial charge in [-0.1, -0.05) is 6.92 Å². The number of rotatable bonds is 3. The zero-order chi connectivity index (χ0) is 14.7. The van der Waals surface area contributed by atoms with Crippen LogP contribution >= 0.6 is 0 Å². The Morgan fingerprint density at radius 3 is 2.86 bits per heavy atom. The molecule has 2 aromatic rings. The lowest BCUT2D eigenvalue weighted by molar-refractivity contribution is -0.00279. The summed E-state index contributed by atoms with van der Waals surface area (Å²) in [5.41, 5.74) is 1.50. The third-order valence-electron chi connectivity index (χ3n) is 3.69. The number of nitrogens with zero attached hydrogens (tertiary/aromatic N) is 5. The lowest BCUT2D eigenvalue weighted by Crippen LogP contribution is -2.48. The normalized spacial score (nSPS) is 18.7. The van der Waals surface area contributed by atoms with Crippen LogP contribution in [0.1, 0.15) is 23.7 Å². The first-order valence-corrected chi connectivity index (χ1v) is 7.01. The van der Waals surface area contributed by atoms with Crippen molar-refractivity contribution in [1.82, 2.24) is 25.1 Å². The fourth-order valence-electron chi connectivity index (χ4n) is 2.46. The van der Waals surface area contributed by atoms with Crippen molar-refractivity contribution in [3.8, 4) is 5.69 Å². The van der Waals surface area contributed by atoms with E-state index >= 15 is 0 Å². The van der Waals surface area contributed by atoms with Gasteiger partial charge in [0, 0.05) is 12.1 Å². The molecule has 7 heteroatoms. The molecule has 0 spiro atoms. The molecule has 2 heterocycles. The minimum Gasteiger partial charge on any atom is -0.377 e. The number of morpholine rings is 1. The van der Waals surface area contributed by atoms with Crippen molar-refractivity contribution in [2.75, 3.05) is 19.8 Å². The van der Waals surface area contributed by atoms with E-state index in [1.54, 1.807) is 4.68 Å². The van der Waals surface area contributed by atoms with E-state index in [-0.39, 0.29) is 11.9 Å². The Morgan fingerprint density at radius 1 is 1.38 bits per heavy atom. The summed E-state index contributed by atoms with van der Waals surface area (Å²) in [6.45, 7) is 3.93. The van der Waals surface area contributed by atoms with Gasteiger partial charge in [0.2, 0.25) is 0 Å². The number of carbonyl (C=O) groups is 1. The predicted octanol–water partition coefficient (Wildman–Crippen LogP) is 0.913. The van der Waals surface area contributed by atoms with Gasteiger partial charge >= 0.3 is 0 Å². The van der Waals surface area contributed by atoms with Crippen molar-refractivity contribution in [3.63, 3.8) is 0 Å². The topological polar surface area (TPSA) is 73.1 Å². The van der Waals surface area contributed by atoms with Crippen molar-refractivity contribution in [1.29, 1.82) is 0 Å². The van der Waals surface area contributed by atoms with Crippen LogP contribution in [0.25, 0.3) is 5.69 Å². The SMILES string of the molecule is CCC1COCCN1C(=O)c1ccc(-n2cnnn2)cc1. The highest BCUT2D eigenvalue weighted by Gasteiger charge is 2.26. The van der Waals surface area contributed by atoms with Crippen LogP contribution < -0.4 is 0 Å². The van der Waals surface area contributed by atoms with E-state index in [4.69, 9.17) is 4.74 Å². The van der Waals surface area contributed by atoms with Crippen molar-refractivity contribution < 1.29 is 9.53 Å². The Balaban J connectivity index is 1.78. The quantitative estimate of drug-likeness (QED) is 0.839. The summed E-state index contributed by atoms with van der Waals surface area (Å²) in [4.78, 5) is 14.5. The molecule has 1 unspecified atom stereocenters. The molecule has 7 nitrogen and oxygen atoms in total. The Hall–Kier alpha value is -2.28. The van der Waals surface area contributed by atoms with Gasteiger partial charge in [-0.2, -0.15) is 0 Å². The number of hydrogen-bond acceptors (Lipinski definition) is 5. The van der Waals surface area contributed by atoms with Crippen LogP contribution in [0.4, 0.5) is 0 Å². The van der Waals surface area contributed by atoms with Crippen molar-refractivity contribution in [2.45, 2.75) is 19.4 Å². The van der Waals surface area contributed by atoms with Gasteiger partial charge in [0.05, 0.1) is 24.9 Å². The average molecular weight is 287 g/mol. The van der Waals surface area contributed by atoms with Crippen LogP contribution in [0.5, 0.6) is 0 Å². The Morgan fingerprint density at radius 2 is 2.19 bits per heavy atom. The average Bonchev–Trinajstić information content (AvgIpc) is 3.09. The molecule has 1 amide bonds. The van der Waals surface area contributed by atoms with E-state index in [0.717, 1.165) is 12.1 Å². The molecular formula is C14H17N5O2. The Kier molecular flexibility index (Phi) is 3.92. The highest BCUT2D eigenvalue weighted by molar-refractivity contribution is 5.94. The maximum atomic E-state index is 12.6. The zero-order valence-electron chi connectivity index (χ0n) is 11.8. The maximum Gasteiger partial charge on any atom is 0.254 e. The molecule has 0 radical (unpaired) electrons. The van der Waals surface area contributed by atoms with E-state index in [9.17, 15) is 4.79 Å². The first-order valence-electron chi connectivity index (χ1n) is 7.01. The molecule has 0 bridgehead atoms. The molecule has 1 saturated heterocycles. The molecule has 0 saturated carbocycles. The summed E-state index contributed by atoms with van der Waals surface area (Å²) in [6, 6.07) is 7.45. The molecule has 1 fully saturated rings. The van der Waals surface area contributed by atoms with Gasteiger partial charge in [-0.25, -0.2) is 4.68 Å². The number of amides is 1. The van der Waals surface area contributed by atoms with Gasteiger partial charge in [0.25, 0.3) is 5.91 Å². The molecule has 1 aromatic carbocycles. The summed E-state index contributed by atoms with van der Waals surface area (Å²) >= 11 is 0. The fourth-order valence-corrected chi connectivity index (χ4v) is 2.46. The third-order valence-corrected chi connectivity index (χ3v) is 3.69. The fraction of sp³-hybridized carbons (Fsp3) is 0.429. The lowest BCUT2D eigenvalue weighted by atomic mass is 10.1. The molecule has 1 aromatic heterocycles. The molecule has 1 aliphatic heterocycles. The van der Waals surface area contributed by atoms with E-state index in [0.29, 0.717) is 25.3 Å². The van der Waals surface area contributed by atoms with Crippen LogP contribution in [0.2, 0.25) is 0 Å². The number of carbonyl (C=O) groups excluding carboxylic acids is 1.